The second-order valence-corrected chi connectivity index (χ2v) is 8.95. The summed E-state index contributed by atoms with van der Waals surface area (Å²) in [6.45, 7) is 5.12. The maximum Gasteiger partial charge on any atom is 0.295 e. The van der Waals surface area contributed by atoms with E-state index in [1.807, 2.05) is 31.2 Å². The van der Waals surface area contributed by atoms with E-state index in [9.17, 15) is 14.0 Å². The molecular weight excluding hydrogens is 473 g/mol. The van der Waals surface area contributed by atoms with Crippen molar-refractivity contribution in [3.63, 3.8) is 0 Å². The number of fused-ring (bicyclic) bond motifs is 2. The molecule has 1 aliphatic heterocycles. The summed E-state index contributed by atoms with van der Waals surface area (Å²) in [6.07, 6.45) is 3.09. The molecule has 0 saturated heterocycles. The maximum atomic E-state index is 14.0. The number of benzene rings is 3. The summed E-state index contributed by atoms with van der Waals surface area (Å²) in [7, 11) is 0. The van der Waals surface area contributed by atoms with Gasteiger partial charge in [0.2, 0.25) is 5.76 Å². The van der Waals surface area contributed by atoms with Crippen LogP contribution in [0.4, 0.5) is 10.1 Å². The van der Waals surface area contributed by atoms with Gasteiger partial charge in [0.05, 0.1) is 30.2 Å². The zero-order valence-electron chi connectivity index (χ0n) is 20.8. The van der Waals surface area contributed by atoms with Crippen molar-refractivity contribution >= 4 is 22.6 Å². The molecule has 0 aliphatic carbocycles. The molecule has 0 spiro atoms. The van der Waals surface area contributed by atoms with Gasteiger partial charge in [0.15, 0.2) is 5.43 Å². The summed E-state index contributed by atoms with van der Waals surface area (Å²) >= 11 is 0. The molecule has 3 aromatic carbocycles. The first kappa shape index (κ1) is 24.6. The van der Waals surface area contributed by atoms with Crippen LogP contribution in [0, 0.1) is 5.82 Å². The van der Waals surface area contributed by atoms with Crippen LogP contribution in [0.15, 0.2) is 75.9 Å². The van der Waals surface area contributed by atoms with E-state index in [2.05, 4.69) is 6.92 Å². The van der Waals surface area contributed by atoms with E-state index in [1.165, 1.54) is 17.0 Å². The number of hydrogen-bond donors (Lipinski definition) is 0. The fourth-order valence-electron chi connectivity index (χ4n) is 4.71. The van der Waals surface area contributed by atoms with Crippen molar-refractivity contribution in [1.82, 2.24) is 0 Å². The van der Waals surface area contributed by atoms with Crippen molar-refractivity contribution in [3.05, 3.63) is 99.7 Å². The summed E-state index contributed by atoms with van der Waals surface area (Å²) in [6, 6.07) is 17.4. The van der Waals surface area contributed by atoms with E-state index in [-0.39, 0.29) is 22.3 Å². The largest absolute Gasteiger partial charge is 0.494 e. The van der Waals surface area contributed by atoms with Gasteiger partial charge in [-0.15, -0.1) is 0 Å². The first-order valence-electron chi connectivity index (χ1n) is 12.6. The Morgan fingerprint density at radius 3 is 2.49 bits per heavy atom. The monoisotopic (exact) mass is 501 g/mol. The Balaban J connectivity index is 1.64. The summed E-state index contributed by atoms with van der Waals surface area (Å²) in [5.41, 5.74) is 1.18. The van der Waals surface area contributed by atoms with Crippen LogP contribution in [-0.4, -0.2) is 19.1 Å². The highest BCUT2D eigenvalue weighted by Crippen LogP contribution is 2.42. The van der Waals surface area contributed by atoms with Gasteiger partial charge in [-0.2, -0.15) is 0 Å². The third-order valence-electron chi connectivity index (χ3n) is 6.45. The standard InChI is InChI=1S/C30H28FNO5/c1-3-5-6-16-36-23-9-7-8-19(17-23)27-26-28(33)24-18-20(31)10-15-25(24)37-29(26)30(34)32(27)21-11-13-22(14-12-21)35-4-2/h7-15,17-18,27H,3-6,16H2,1-2H3. The van der Waals surface area contributed by atoms with Crippen molar-refractivity contribution in [2.45, 2.75) is 39.2 Å². The van der Waals surface area contributed by atoms with Gasteiger partial charge < -0.3 is 13.9 Å². The molecule has 5 rings (SSSR count). The molecule has 1 aromatic heterocycles. The minimum Gasteiger partial charge on any atom is -0.494 e. The van der Waals surface area contributed by atoms with Gasteiger partial charge in [0.1, 0.15) is 22.9 Å². The molecule has 0 radical (unpaired) electrons. The van der Waals surface area contributed by atoms with Crippen LogP contribution in [0.3, 0.4) is 0 Å². The zero-order chi connectivity index (χ0) is 25.9. The highest BCUT2D eigenvalue weighted by atomic mass is 19.1. The highest BCUT2D eigenvalue weighted by molar-refractivity contribution is 6.10. The van der Waals surface area contributed by atoms with Gasteiger partial charge in [-0.25, -0.2) is 4.39 Å². The number of rotatable bonds is 9. The van der Waals surface area contributed by atoms with E-state index in [4.69, 9.17) is 13.9 Å². The van der Waals surface area contributed by atoms with Crippen LogP contribution >= 0.6 is 0 Å². The van der Waals surface area contributed by atoms with Gasteiger partial charge in [-0.1, -0.05) is 31.9 Å². The van der Waals surface area contributed by atoms with E-state index >= 15 is 0 Å². The molecule has 1 unspecified atom stereocenters. The van der Waals surface area contributed by atoms with Gasteiger partial charge in [-0.05, 0) is 73.5 Å². The summed E-state index contributed by atoms with van der Waals surface area (Å²) in [5.74, 6) is 0.285. The fourth-order valence-corrected chi connectivity index (χ4v) is 4.71. The van der Waals surface area contributed by atoms with Crippen LogP contribution < -0.4 is 19.8 Å². The quantitative estimate of drug-likeness (QED) is 0.240. The third kappa shape index (κ3) is 4.69. The Morgan fingerprint density at radius 2 is 1.73 bits per heavy atom. The smallest absolute Gasteiger partial charge is 0.295 e. The van der Waals surface area contributed by atoms with E-state index in [0.717, 1.165) is 25.3 Å². The number of carbonyl (C=O) groups is 1. The lowest BCUT2D eigenvalue weighted by molar-refractivity contribution is 0.0971. The molecule has 1 amide bonds. The lowest BCUT2D eigenvalue weighted by Gasteiger charge is -2.25. The number of carbonyl (C=O) groups excluding carboxylic acids is 1. The molecule has 0 fully saturated rings. The Labute approximate surface area is 214 Å². The number of nitrogens with zero attached hydrogens (tertiary/aromatic N) is 1. The number of halogens is 1. The number of anilines is 1. The first-order chi connectivity index (χ1) is 18.0. The van der Waals surface area contributed by atoms with Crippen molar-refractivity contribution < 1.29 is 23.1 Å². The Morgan fingerprint density at radius 1 is 0.919 bits per heavy atom. The molecule has 0 N–H and O–H groups in total. The molecule has 1 aliphatic rings. The topological polar surface area (TPSA) is 69.0 Å². The Hall–Kier alpha value is -4.13. The molecule has 6 nitrogen and oxygen atoms in total. The average Bonchev–Trinajstić information content (AvgIpc) is 3.20. The molecule has 37 heavy (non-hydrogen) atoms. The van der Waals surface area contributed by atoms with E-state index in [1.54, 1.807) is 24.3 Å². The average molecular weight is 502 g/mol. The zero-order valence-corrected chi connectivity index (χ0v) is 20.8. The normalized spacial score (nSPS) is 14.7. The number of hydrogen-bond acceptors (Lipinski definition) is 5. The SMILES string of the molecule is CCCCCOc1cccc(C2c3c(oc4ccc(F)cc4c3=O)C(=O)N2c2ccc(OCC)cc2)c1. The minimum atomic E-state index is -0.774. The van der Waals surface area contributed by atoms with Crippen LogP contribution in [0.2, 0.25) is 0 Å². The fraction of sp³-hybridized carbons (Fsp3) is 0.267. The van der Waals surface area contributed by atoms with Gasteiger partial charge in [0.25, 0.3) is 5.91 Å². The van der Waals surface area contributed by atoms with Crippen LogP contribution in [0.1, 0.15) is 60.8 Å². The van der Waals surface area contributed by atoms with Gasteiger partial charge in [-0.3, -0.25) is 14.5 Å². The Kier molecular flexibility index (Phi) is 6.95. The Bertz CT molecular complexity index is 1490. The van der Waals surface area contributed by atoms with Crippen molar-refractivity contribution in [1.29, 1.82) is 0 Å². The third-order valence-corrected chi connectivity index (χ3v) is 6.45. The molecule has 0 bridgehead atoms. The summed E-state index contributed by atoms with van der Waals surface area (Å²) < 4.78 is 31.5. The van der Waals surface area contributed by atoms with Crippen LogP contribution in [-0.2, 0) is 0 Å². The maximum absolute atomic E-state index is 14.0. The van der Waals surface area contributed by atoms with E-state index < -0.39 is 23.2 Å². The van der Waals surface area contributed by atoms with Crippen molar-refractivity contribution in [3.8, 4) is 11.5 Å². The van der Waals surface area contributed by atoms with Crippen LogP contribution in [0.5, 0.6) is 11.5 Å². The molecular formula is C30H28FNO5. The van der Waals surface area contributed by atoms with E-state index in [0.29, 0.717) is 36.0 Å². The minimum absolute atomic E-state index is 0.0442. The highest BCUT2D eigenvalue weighted by Gasteiger charge is 2.43. The number of ether oxygens (including phenoxy) is 2. The van der Waals surface area contributed by atoms with Gasteiger partial charge >= 0.3 is 0 Å². The summed E-state index contributed by atoms with van der Waals surface area (Å²) in [4.78, 5) is 29.0. The molecule has 2 heterocycles. The first-order valence-corrected chi connectivity index (χ1v) is 12.6. The van der Waals surface area contributed by atoms with Crippen molar-refractivity contribution in [2.75, 3.05) is 18.1 Å². The van der Waals surface area contributed by atoms with Crippen molar-refractivity contribution in [2.24, 2.45) is 0 Å². The molecule has 190 valence electrons. The number of unbranched alkanes of at least 4 members (excludes halogenated alkanes) is 2. The molecule has 7 heteroatoms. The predicted octanol–water partition coefficient (Wildman–Crippen LogP) is 6.65. The number of amides is 1. The second-order valence-electron chi connectivity index (χ2n) is 8.95. The predicted molar refractivity (Wildman–Crippen MR) is 140 cm³/mol. The second kappa shape index (κ2) is 10.5. The molecule has 1 atom stereocenters. The lowest BCUT2D eigenvalue weighted by atomic mass is 9.98. The van der Waals surface area contributed by atoms with Crippen LogP contribution in [0.25, 0.3) is 11.0 Å². The lowest BCUT2D eigenvalue weighted by Crippen LogP contribution is -2.29. The summed E-state index contributed by atoms with van der Waals surface area (Å²) in [5, 5.41) is 0.0945. The molecule has 0 saturated carbocycles. The molecule has 4 aromatic rings. The van der Waals surface area contributed by atoms with Gasteiger partial charge in [0, 0.05) is 5.69 Å².